The fraction of sp³-hybridized carbons (Fsp3) is 0.500. The van der Waals surface area contributed by atoms with E-state index >= 15 is 0 Å². The van der Waals surface area contributed by atoms with Gasteiger partial charge in [-0.05, 0) is 56.7 Å². The van der Waals surface area contributed by atoms with E-state index in [1.165, 1.54) is 22.3 Å². The number of aryl methyl sites for hydroxylation is 3. The summed E-state index contributed by atoms with van der Waals surface area (Å²) in [7, 11) is 0. The second-order valence-electron chi connectivity index (χ2n) is 4.65. The molecule has 0 aliphatic rings. The van der Waals surface area contributed by atoms with Crippen LogP contribution in [0.2, 0.25) is 0 Å². The van der Waals surface area contributed by atoms with Crippen molar-refractivity contribution in [3.63, 3.8) is 0 Å². The van der Waals surface area contributed by atoms with Crippen LogP contribution in [0.5, 0.6) is 0 Å². The van der Waals surface area contributed by atoms with Gasteiger partial charge in [0.2, 0.25) is 5.91 Å². The highest BCUT2D eigenvalue weighted by atomic mass is 16.2. The minimum atomic E-state index is -0.0812. The van der Waals surface area contributed by atoms with Crippen molar-refractivity contribution in [2.45, 2.75) is 46.5 Å². The van der Waals surface area contributed by atoms with Crippen LogP contribution in [-0.2, 0) is 11.2 Å². The highest BCUT2D eigenvalue weighted by Gasteiger charge is 2.04. The SMILES string of the molecule is Cc1cc(C)c(CCCCC(=O)NN)c(C)c1. The molecule has 0 spiro atoms. The standard InChI is InChI=1S/C14H22N2O/c1-10-8-11(2)13(12(3)9-10)6-4-5-7-14(17)16-15/h8-9H,4-7,15H2,1-3H3,(H,16,17). The lowest BCUT2D eigenvalue weighted by molar-refractivity contribution is -0.121. The summed E-state index contributed by atoms with van der Waals surface area (Å²) >= 11 is 0. The van der Waals surface area contributed by atoms with E-state index in [4.69, 9.17) is 5.84 Å². The van der Waals surface area contributed by atoms with Crippen molar-refractivity contribution >= 4 is 5.91 Å². The molecule has 0 aromatic heterocycles. The first-order valence-corrected chi connectivity index (χ1v) is 6.10. The average molecular weight is 234 g/mol. The molecule has 0 aliphatic carbocycles. The summed E-state index contributed by atoms with van der Waals surface area (Å²) in [4.78, 5) is 11.0. The Morgan fingerprint density at radius 2 is 1.76 bits per heavy atom. The fourth-order valence-corrected chi connectivity index (χ4v) is 2.26. The van der Waals surface area contributed by atoms with E-state index in [-0.39, 0.29) is 5.91 Å². The maximum Gasteiger partial charge on any atom is 0.233 e. The molecular formula is C14H22N2O. The van der Waals surface area contributed by atoms with Gasteiger partial charge in [0.25, 0.3) is 0 Å². The van der Waals surface area contributed by atoms with E-state index in [1.54, 1.807) is 0 Å². The third kappa shape index (κ3) is 4.19. The van der Waals surface area contributed by atoms with E-state index in [0.717, 1.165) is 19.3 Å². The summed E-state index contributed by atoms with van der Waals surface area (Å²) in [5, 5.41) is 0. The van der Waals surface area contributed by atoms with Crippen LogP contribution in [0.3, 0.4) is 0 Å². The van der Waals surface area contributed by atoms with Crippen LogP contribution in [0.1, 0.15) is 41.5 Å². The Labute approximate surface area is 103 Å². The molecule has 0 unspecified atom stereocenters. The maximum atomic E-state index is 11.0. The van der Waals surface area contributed by atoms with Gasteiger partial charge in [0.15, 0.2) is 0 Å². The maximum absolute atomic E-state index is 11.0. The Hall–Kier alpha value is -1.35. The molecule has 1 rings (SSSR count). The molecule has 0 heterocycles. The average Bonchev–Trinajstić information content (AvgIpc) is 2.26. The van der Waals surface area contributed by atoms with E-state index in [1.807, 2.05) is 0 Å². The van der Waals surface area contributed by atoms with Gasteiger partial charge in [0.05, 0.1) is 0 Å². The lowest BCUT2D eigenvalue weighted by Gasteiger charge is -2.11. The van der Waals surface area contributed by atoms with Crippen molar-refractivity contribution in [3.8, 4) is 0 Å². The van der Waals surface area contributed by atoms with Gasteiger partial charge in [0.1, 0.15) is 0 Å². The monoisotopic (exact) mass is 234 g/mol. The van der Waals surface area contributed by atoms with Gasteiger partial charge >= 0.3 is 0 Å². The van der Waals surface area contributed by atoms with Crippen LogP contribution in [0, 0.1) is 20.8 Å². The number of carbonyl (C=O) groups is 1. The number of benzene rings is 1. The molecule has 3 heteroatoms. The van der Waals surface area contributed by atoms with Crippen LogP contribution in [0.25, 0.3) is 0 Å². The zero-order valence-corrected chi connectivity index (χ0v) is 11.0. The molecule has 0 bridgehead atoms. The Morgan fingerprint density at radius 1 is 1.18 bits per heavy atom. The molecule has 0 saturated carbocycles. The topological polar surface area (TPSA) is 55.1 Å². The zero-order chi connectivity index (χ0) is 12.8. The third-order valence-electron chi connectivity index (χ3n) is 3.08. The van der Waals surface area contributed by atoms with Crippen molar-refractivity contribution < 1.29 is 4.79 Å². The van der Waals surface area contributed by atoms with Crippen LogP contribution in [0.4, 0.5) is 0 Å². The largest absolute Gasteiger partial charge is 0.294 e. The molecule has 0 radical (unpaired) electrons. The first-order chi connectivity index (χ1) is 8.04. The quantitative estimate of drug-likeness (QED) is 0.355. The van der Waals surface area contributed by atoms with Gasteiger partial charge in [0, 0.05) is 6.42 Å². The number of hydrogen-bond acceptors (Lipinski definition) is 2. The molecule has 1 aromatic rings. The summed E-state index contributed by atoms with van der Waals surface area (Å²) in [5.41, 5.74) is 7.59. The van der Waals surface area contributed by atoms with E-state index in [9.17, 15) is 4.79 Å². The van der Waals surface area contributed by atoms with Crippen LogP contribution in [-0.4, -0.2) is 5.91 Å². The number of rotatable bonds is 5. The first-order valence-electron chi connectivity index (χ1n) is 6.10. The minimum absolute atomic E-state index is 0.0812. The normalized spacial score (nSPS) is 10.4. The summed E-state index contributed by atoms with van der Waals surface area (Å²) < 4.78 is 0. The molecular weight excluding hydrogens is 212 g/mol. The van der Waals surface area contributed by atoms with Crippen molar-refractivity contribution in [2.75, 3.05) is 0 Å². The van der Waals surface area contributed by atoms with Gasteiger partial charge < -0.3 is 0 Å². The lowest BCUT2D eigenvalue weighted by atomic mass is 9.95. The van der Waals surface area contributed by atoms with E-state index in [0.29, 0.717) is 6.42 Å². The Balaban J connectivity index is 2.50. The van der Waals surface area contributed by atoms with Crippen LogP contribution < -0.4 is 11.3 Å². The molecule has 1 amide bonds. The molecule has 1 aromatic carbocycles. The van der Waals surface area contributed by atoms with Gasteiger partial charge in [-0.15, -0.1) is 0 Å². The number of unbranched alkanes of at least 4 members (excludes halogenated alkanes) is 1. The number of amides is 1. The number of nitrogens with one attached hydrogen (secondary N) is 1. The third-order valence-corrected chi connectivity index (χ3v) is 3.08. The molecule has 3 nitrogen and oxygen atoms in total. The van der Waals surface area contributed by atoms with Crippen molar-refractivity contribution in [1.29, 1.82) is 0 Å². The van der Waals surface area contributed by atoms with E-state index < -0.39 is 0 Å². The predicted molar refractivity (Wildman–Crippen MR) is 70.5 cm³/mol. The second kappa shape index (κ2) is 6.40. The zero-order valence-electron chi connectivity index (χ0n) is 11.0. The van der Waals surface area contributed by atoms with Crippen molar-refractivity contribution in [2.24, 2.45) is 5.84 Å². The number of carbonyl (C=O) groups excluding carboxylic acids is 1. The molecule has 0 atom stereocenters. The van der Waals surface area contributed by atoms with Crippen molar-refractivity contribution in [3.05, 3.63) is 34.4 Å². The highest BCUT2D eigenvalue weighted by Crippen LogP contribution is 2.18. The molecule has 0 fully saturated rings. The van der Waals surface area contributed by atoms with Crippen LogP contribution >= 0.6 is 0 Å². The van der Waals surface area contributed by atoms with Crippen LogP contribution in [0.15, 0.2) is 12.1 Å². The molecule has 0 aliphatic heterocycles. The van der Waals surface area contributed by atoms with Gasteiger partial charge in [-0.2, -0.15) is 0 Å². The highest BCUT2D eigenvalue weighted by molar-refractivity contribution is 5.75. The van der Waals surface area contributed by atoms with Gasteiger partial charge in [-0.1, -0.05) is 17.7 Å². The number of nitrogens with two attached hydrogens (primary N) is 1. The molecule has 17 heavy (non-hydrogen) atoms. The van der Waals surface area contributed by atoms with Gasteiger partial charge in [-0.3, -0.25) is 10.2 Å². The number of hydrazine groups is 1. The van der Waals surface area contributed by atoms with Gasteiger partial charge in [-0.25, -0.2) is 5.84 Å². The summed E-state index contributed by atoms with van der Waals surface area (Å²) in [5.74, 6) is 4.95. The molecule has 0 saturated heterocycles. The minimum Gasteiger partial charge on any atom is -0.294 e. The van der Waals surface area contributed by atoms with E-state index in [2.05, 4.69) is 38.3 Å². The molecule has 94 valence electrons. The Bertz CT molecular complexity index is 376. The summed E-state index contributed by atoms with van der Waals surface area (Å²) in [6.07, 6.45) is 3.46. The predicted octanol–water partition coefficient (Wildman–Crippen LogP) is 2.31. The number of hydrogen-bond donors (Lipinski definition) is 2. The fourth-order valence-electron chi connectivity index (χ4n) is 2.26. The van der Waals surface area contributed by atoms with Crippen molar-refractivity contribution in [1.82, 2.24) is 5.43 Å². The lowest BCUT2D eigenvalue weighted by Crippen LogP contribution is -2.29. The first kappa shape index (κ1) is 13.7. The smallest absolute Gasteiger partial charge is 0.233 e. The Kier molecular flexibility index (Phi) is 5.16. The molecule has 3 N–H and O–H groups in total. The summed E-state index contributed by atoms with van der Waals surface area (Å²) in [6.45, 7) is 6.43. The Morgan fingerprint density at radius 3 is 2.29 bits per heavy atom. The second-order valence-corrected chi connectivity index (χ2v) is 4.65. The summed E-state index contributed by atoms with van der Waals surface area (Å²) in [6, 6.07) is 4.43.